The van der Waals surface area contributed by atoms with E-state index >= 15 is 0 Å². The van der Waals surface area contributed by atoms with Crippen molar-refractivity contribution in [2.75, 3.05) is 32.6 Å². The molecule has 0 saturated heterocycles. The Balaban J connectivity index is 0.00000338. The molecular weight excluding hydrogens is 354 g/mol. The summed E-state index contributed by atoms with van der Waals surface area (Å²) in [6.45, 7) is 1.40. The fourth-order valence-electron chi connectivity index (χ4n) is 2.29. The molecule has 140 valence electrons. The minimum Gasteiger partial charge on any atom is -0.497 e. The van der Waals surface area contributed by atoms with Crippen LogP contribution in [0, 0.1) is 0 Å². The Bertz CT molecular complexity index is 720. The van der Waals surface area contributed by atoms with Crippen LogP contribution < -0.4 is 20.7 Å². The second kappa shape index (κ2) is 11.1. The number of halogens is 1. The van der Waals surface area contributed by atoms with E-state index in [1.807, 2.05) is 7.05 Å². The van der Waals surface area contributed by atoms with Crippen LogP contribution in [0.25, 0.3) is 0 Å². The van der Waals surface area contributed by atoms with Gasteiger partial charge in [-0.15, -0.1) is 12.4 Å². The average Bonchev–Trinajstić information content (AvgIpc) is 2.65. The number of carbonyl (C=O) groups is 2. The Hall–Kier alpha value is -2.57. The van der Waals surface area contributed by atoms with Gasteiger partial charge in [-0.3, -0.25) is 9.59 Å². The number of methoxy groups -OCH3 is 1. The Labute approximate surface area is 159 Å². The molecule has 26 heavy (non-hydrogen) atoms. The van der Waals surface area contributed by atoms with Crippen molar-refractivity contribution in [3.05, 3.63) is 59.7 Å². The van der Waals surface area contributed by atoms with Crippen molar-refractivity contribution in [2.24, 2.45) is 0 Å². The number of carbonyl (C=O) groups excluding carboxylic acids is 2. The van der Waals surface area contributed by atoms with Crippen LogP contribution in [0.15, 0.2) is 48.5 Å². The van der Waals surface area contributed by atoms with E-state index in [0.29, 0.717) is 29.1 Å². The number of amides is 2. The van der Waals surface area contributed by atoms with E-state index in [9.17, 15) is 9.59 Å². The molecule has 0 aliphatic heterocycles. The summed E-state index contributed by atoms with van der Waals surface area (Å²) in [5.41, 5.74) is 1.41. The zero-order valence-electron chi connectivity index (χ0n) is 14.9. The second-order valence-corrected chi connectivity index (χ2v) is 5.44. The molecule has 0 unspecified atom stereocenters. The molecule has 0 heterocycles. The molecule has 2 aromatic carbocycles. The summed E-state index contributed by atoms with van der Waals surface area (Å²) in [5.74, 6) is 0.192. The van der Waals surface area contributed by atoms with E-state index in [1.165, 1.54) is 0 Å². The van der Waals surface area contributed by atoms with Crippen LogP contribution >= 0.6 is 12.4 Å². The predicted octanol–water partition coefficient (Wildman–Crippen LogP) is 2.71. The zero-order chi connectivity index (χ0) is 18.1. The molecule has 2 rings (SSSR count). The van der Waals surface area contributed by atoms with Gasteiger partial charge in [-0.1, -0.05) is 12.1 Å². The molecular formula is C19H24ClN3O3. The lowest BCUT2D eigenvalue weighted by Gasteiger charge is -2.12. The number of nitrogens with one attached hydrogen (secondary N) is 3. The fraction of sp³-hybridized carbons (Fsp3) is 0.263. The summed E-state index contributed by atoms with van der Waals surface area (Å²) in [6, 6.07) is 13.7. The maximum Gasteiger partial charge on any atom is 0.255 e. The molecule has 3 N–H and O–H groups in total. The summed E-state index contributed by atoms with van der Waals surface area (Å²) >= 11 is 0. The van der Waals surface area contributed by atoms with Crippen molar-refractivity contribution >= 4 is 29.9 Å². The number of rotatable bonds is 8. The van der Waals surface area contributed by atoms with E-state index in [1.54, 1.807) is 55.6 Å². The quantitative estimate of drug-likeness (QED) is 0.618. The molecule has 0 radical (unpaired) electrons. The lowest BCUT2D eigenvalue weighted by atomic mass is 10.1. The monoisotopic (exact) mass is 377 g/mol. The van der Waals surface area contributed by atoms with E-state index in [-0.39, 0.29) is 24.2 Å². The number of para-hydroxylation sites is 1. The molecule has 0 atom stereocenters. The third kappa shape index (κ3) is 6.06. The lowest BCUT2D eigenvalue weighted by molar-refractivity contribution is 0.0954. The first-order valence-electron chi connectivity index (χ1n) is 8.13. The topological polar surface area (TPSA) is 79.5 Å². The lowest BCUT2D eigenvalue weighted by Crippen LogP contribution is -2.27. The molecule has 2 amide bonds. The Morgan fingerprint density at radius 2 is 1.65 bits per heavy atom. The Kier molecular flexibility index (Phi) is 9.19. The predicted molar refractivity (Wildman–Crippen MR) is 106 cm³/mol. The molecule has 0 saturated carbocycles. The summed E-state index contributed by atoms with van der Waals surface area (Å²) in [5, 5.41) is 8.68. The van der Waals surface area contributed by atoms with Crippen LogP contribution in [0.2, 0.25) is 0 Å². The molecule has 7 heteroatoms. The van der Waals surface area contributed by atoms with E-state index in [2.05, 4.69) is 16.0 Å². The minimum atomic E-state index is -0.280. The van der Waals surface area contributed by atoms with Gasteiger partial charge in [0.15, 0.2) is 0 Å². The summed E-state index contributed by atoms with van der Waals surface area (Å²) < 4.78 is 5.08. The largest absolute Gasteiger partial charge is 0.497 e. The molecule has 0 bridgehead atoms. The van der Waals surface area contributed by atoms with Gasteiger partial charge in [-0.05, 0) is 56.4 Å². The van der Waals surface area contributed by atoms with Gasteiger partial charge in [0.1, 0.15) is 5.75 Å². The standard InChI is InChI=1S/C19H23N3O3.ClH/c1-20-12-5-13-21-19(24)16-6-3-4-7-17(16)22-18(23)14-8-10-15(25-2)11-9-14;/h3-4,6-11,20H,5,12-13H2,1-2H3,(H,21,24)(H,22,23);1H. The zero-order valence-corrected chi connectivity index (χ0v) is 15.7. The maximum absolute atomic E-state index is 12.4. The second-order valence-electron chi connectivity index (χ2n) is 5.44. The third-order valence-corrected chi connectivity index (χ3v) is 3.66. The highest BCUT2D eigenvalue weighted by atomic mass is 35.5. The van der Waals surface area contributed by atoms with Crippen molar-refractivity contribution in [3.63, 3.8) is 0 Å². The first-order valence-corrected chi connectivity index (χ1v) is 8.13. The highest BCUT2D eigenvalue weighted by Gasteiger charge is 2.13. The van der Waals surface area contributed by atoms with E-state index in [0.717, 1.165) is 13.0 Å². The average molecular weight is 378 g/mol. The summed E-state index contributed by atoms with van der Waals surface area (Å²) in [7, 11) is 3.44. The SMILES string of the molecule is CNCCCNC(=O)c1ccccc1NC(=O)c1ccc(OC)cc1.Cl. The Morgan fingerprint density at radius 1 is 0.962 bits per heavy atom. The van der Waals surface area contributed by atoms with Gasteiger partial charge >= 0.3 is 0 Å². The normalized spacial score (nSPS) is 9.77. The van der Waals surface area contributed by atoms with Gasteiger partial charge < -0.3 is 20.7 Å². The van der Waals surface area contributed by atoms with Crippen LogP contribution in [0.3, 0.4) is 0 Å². The van der Waals surface area contributed by atoms with Crippen LogP contribution in [0.4, 0.5) is 5.69 Å². The van der Waals surface area contributed by atoms with Crippen LogP contribution in [-0.4, -0.2) is 39.1 Å². The molecule has 0 aliphatic carbocycles. The molecule has 0 aliphatic rings. The summed E-state index contributed by atoms with van der Waals surface area (Å²) in [6.07, 6.45) is 0.836. The van der Waals surface area contributed by atoms with Crippen molar-refractivity contribution in [2.45, 2.75) is 6.42 Å². The van der Waals surface area contributed by atoms with Crippen LogP contribution in [0.1, 0.15) is 27.1 Å². The number of hydrogen-bond acceptors (Lipinski definition) is 4. The van der Waals surface area contributed by atoms with Gasteiger partial charge in [0.2, 0.25) is 0 Å². The van der Waals surface area contributed by atoms with Crippen molar-refractivity contribution in [1.29, 1.82) is 0 Å². The van der Waals surface area contributed by atoms with Gasteiger partial charge in [0, 0.05) is 12.1 Å². The smallest absolute Gasteiger partial charge is 0.255 e. The van der Waals surface area contributed by atoms with Gasteiger partial charge in [-0.2, -0.15) is 0 Å². The van der Waals surface area contributed by atoms with E-state index in [4.69, 9.17) is 4.74 Å². The minimum absolute atomic E-state index is 0. The highest BCUT2D eigenvalue weighted by molar-refractivity contribution is 6.09. The van der Waals surface area contributed by atoms with Gasteiger partial charge in [0.05, 0.1) is 18.4 Å². The molecule has 0 aromatic heterocycles. The van der Waals surface area contributed by atoms with Gasteiger partial charge in [0.25, 0.3) is 11.8 Å². The van der Waals surface area contributed by atoms with Crippen molar-refractivity contribution in [3.8, 4) is 5.75 Å². The number of benzene rings is 2. The summed E-state index contributed by atoms with van der Waals surface area (Å²) in [4.78, 5) is 24.7. The fourth-order valence-corrected chi connectivity index (χ4v) is 2.29. The first kappa shape index (κ1) is 21.5. The molecule has 2 aromatic rings. The van der Waals surface area contributed by atoms with Crippen molar-refractivity contribution in [1.82, 2.24) is 10.6 Å². The molecule has 0 fully saturated rings. The Morgan fingerprint density at radius 3 is 2.31 bits per heavy atom. The van der Waals surface area contributed by atoms with E-state index < -0.39 is 0 Å². The third-order valence-electron chi connectivity index (χ3n) is 3.66. The first-order chi connectivity index (χ1) is 12.2. The maximum atomic E-state index is 12.4. The molecule has 0 spiro atoms. The number of hydrogen-bond donors (Lipinski definition) is 3. The molecule has 6 nitrogen and oxygen atoms in total. The van der Waals surface area contributed by atoms with Crippen molar-refractivity contribution < 1.29 is 14.3 Å². The number of ether oxygens (including phenoxy) is 1. The van der Waals surface area contributed by atoms with Crippen LogP contribution in [-0.2, 0) is 0 Å². The van der Waals surface area contributed by atoms with Gasteiger partial charge in [-0.25, -0.2) is 0 Å². The number of anilines is 1. The highest BCUT2D eigenvalue weighted by Crippen LogP contribution is 2.17. The van der Waals surface area contributed by atoms with Crippen LogP contribution in [0.5, 0.6) is 5.75 Å².